The first-order valence-electron chi connectivity index (χ1n) is 14.7. The molecule has 2 aliphatic carbocycles. The third-order valence-electron chi connectivity index (χ3n) is 9.06. The molecule has 9 rings (SSSR count). The van der Waals surface area contributed by atoms with Gasteiger partial charge in [-0.1, -0.05) is 109 Å². The van der Waals surface area contributed by atoms with Gasteiger partial charge in [-0.25, -0.2) is 0 Å². The number of fused-ring (bicyclic) bond motifs is 9. The predicted octanol–water partition coefficient (Wildman–Crippen LogP) is 9.33. The van der Waals surface area contributed by atoms with Crippen LogP contribution in [0.2, 0.25) is 0 Å². The van der Waals surface area contributed by atoms with Gasteiger partial charge in [0.05, 0.1) is 11.3 Å². The van der Waals surface area contributed by atoms with Gasteiger partial charge < -0.3 is 9.15 Å². The van der Waals surface area contributed by atoms with E-state index in [4.69, 9.17) is 9.15 Å². The third-order valence-corrected chi connectivity index (χ3v) is 9.06. The second-order valence-electron chi connectivity index (χ2n) is 11.3. The fraction of sp³-hybridized carbons (Fsp3) is 0.0769. The summed E-state index contributed by atoms with van der Waals surface area (Å²) in [7, 11) is 0. The van der Waals surface area contributed by atoms with Crippen molar-refractivity contribution in [3.05, 3.63) is 173 Å². The summed E-state index contributed by atoms with van der Waals surface area (Å²) in [6, 6.07) is 42.7. The van der Waals surface area contributed by atoms with Crippen LogP contribution in [0.3, 0.4) is 0 Å². The summed E-state index contributed by atoms with van der Waals surface area (Å²) in [4.78, 5) is 0. The zero-order valence-corrected chi connectivity index (χ0v) is 23.3. The molecule has 43 heavy (non-hydrogen) atoms. The number of para-hydroxylation sites is 1. The predicted molar refractivity (Wildman–Crippen MR) is 168 cm³/mol. The van der Waals surface area contributed by atoms with Gasteiger partial charge in [-0.3, -0.25) is 0 Å². The minimum atomic E-state index is -0.466. The lowest BCUT2D eigenvalue weighted by Gasteiger charge is -2.39. The Morgan fingerprint density at radius 3 is 2.02 bits per heavy atom. The van der Waals surface area contributed by atoms with Crippen LogP contribution in [0.4, 0.5) is 0 Å². The van der Waals surface area contributed by atoms with E-state index in [0.717, 1.165) is 29.0 Å². The lowest BCUT2D eigenvalue weighted by molar-refractivity contribution is 0.436. The molecule has 0 saturated carbocycles. The van der Waals surface area contributed by atoms with Crippen LogP contribution < -0.4 is 4.74 Å². The Bertz CT molecular complexity index is 2060. The van der Waals surface area contributed by atoms with Crippen LogP contribution in [0.25, 0.3) is 28.2 Å². The Kier molecular flexibility index (Phi) is 5.20. The van der Waals surface area contributed by atoms with Crippen LogP contribution in [0, 0.1) is 0 Å². The Hall–Kier alpha value is -5.48. The molecule has 2 heterocycles. The molecule has 5 aromatic carbocycles. The summed E-state index contributed by atoms with van der Waals surface area (Å²) in [6.45, 7) is 0. The maximum atomic E-state index is 6.59. The maximum absolute atomic E-state index is 6.59. The van der Waals surface area contributed by atoms with Gasteiger partial charge in [-0.15, -0.1) is 10.2 Å². The minimum absolute atomic E-state index is 0.0430. The number of rotatable bonds is 3. The molecular formula is C39H26N2O2. The van der Waals surface area contributed by atoms with E-state index in [0.29, 0.717) is 11.8 Å². The first-order chi connectivity index (χ1) is 21.3. The zero-order chi connectivity index (χ0) is 28.4. The Labute approximate surface area is 249 Å². The number of nitrogens with zero attached hydrogens (tertiary/aromatic N) is 2. The monoisotopic (exact) mass is 554 g/mol. The van der Waals surface area contributed by atoms with Gasteiger partial charge in [0, 0.05) is 16.7 Å². The second-order valence-corrected chi connectivity index (χ2v) is 11.3. The molecule has 0 radical (unpaired) electrons. The van der Waals surface area contributed by atoms with E-state index in [2.05, 4.69) is 119 Å². The largest absolute Gasteiger partial charge is 0.457 e. The van der Waals surface area contributed by atoms with Crippen LogP contribution in [0.5, 0.6) is 11.5 Å². The number of hydrogen-bond acceptors (Lipinski definition) is 4. The average Bonchev–Trinajstić information content (AvgIpc) is 3.69. The lowest BCUT2D eigenvalue weighted by Crippen LogP contribution is -2.32. The Morgan fingerprint density at radius 2 is 1.28 bits per heavy atom. The lowest BCUT2D eigenvalue weighted by atomic mass is 9.65. The van der Waals surface area contributed by atoms with Crippen LogP contribution in [0.1, 0.15) is 46.0 Å². The molecule has 3 aliphatic rings. The van der Waals surface area contributed by atoms with Crippen LogP contribution in [-0.2, 0) is 5.41 Å². The Balaban J connectivity index is 1.14. The van der Waals surface area contributed by atoms with Crippen molar-refractivity contribution in [1.29, 1.82) is 0 Å². The van der Waals surface area contributed by atoms with Crippen LogP contribution in [-0.4, -0.2) is 10.2 Å². The smallest absolute Gasteiger partial charge is 0.247 e. The zero-order valence-electron chi connectivity index (χ0n) is 23.3. The number of allylic oxidation sites excluding steroid dienone is 4. The minimum Gasteiger partial charge on any atom is -0.457 e. The molecule has 4 nitrogen and oxygen atoms in total. The molecule has 1 unspecified atom stereocenters. The number of aromatic nitrogens is 2. The van der Waals surface area contributed by atoms with Crippen molar-refractivity contribution in [2.75, 3.05) is 0 Å². The topological polar surface area (TPSA) is 48.2 Å². The highest BCUT2D eigenvalue weighted by Crippen LogP contribution is 2.62. The average molecular weight is 555 g/mol. The van der Waals surface area contributed by atoms with Crippen molar-refractivity contribution >= 4 is 5.57 Å². The standard InChI is InChI=1S/C39H26N2O2/c1-2-10-26(11-3-1)37-40-41-38(43-37)27-20-18-25(19-21-27)28-22-23-36-34(24-28)39(33-16-8-9-17-35(33)42-36)31-14-6-4-12-29(31)30-13-5-7-15-32(30)39/h1-20,22-24,27H,21H2. The van der Waals surface area contributed by atoms with Gasteiger partial charge in [0.15, 0.2) is 0 Å². The van der Waals surface area contributed by atoms with Crippen molar-refractivity contribution in [2.45, 2.75) is 17.8 Å². The first kappa shape index (κ1) is 24.2. The summed E-state index contributed by atoms with van der Waals surface area (Å²) in [5, 5.41) is 8.67. The van der Waals surface area contributed by atoms with Gasteiger partial charge in [-0.2, -0.15) is 0 Å². The van der Waals surface area contributed by atoms with Crippen LogP contribution >= 0.6 is 0 Å². The maximum Gasteiger partial charge on any atom is 0.247 e. The van der Waals surface area contributed by atoms with E-state index in [9.17, 15) is 0 Å². The fourth-order valence-corrected chi connectivity index (χ4v) is 7.14. The van der Waals surface area contributed by atoms with Gasteiger partial charge >= 0.3 is 0 Å². The van der Waals surface area contributed by atoms with E-state index >= 15 is 0 Å². The van der Waals surface area contributed by atoms with Gasteiger partial charge in [0.1, 0.15) is 11.5 Å². The van der Waals surface area contributed by atoms with E-state index in [1.165, 1.54) is 39.0 Å². The van der Waals surface area contributed by atoms with E-state index in [1.807, 2.05) is 30.3 Å². The molecule has 0 fully saturated rings. The highest BCUT2D eigenvalue weighted by molar-refractivity contribution is 5.89. The Morgan fingerprint density at radius 1 is 0.605 bits per heavy atom. The molecule has 0 amide bonds. The summed E-state index contributed by atoms with van der Waals surface area (Å²) in [6.07, 6.45) is 7.43. The number of ether oxygens (including phenoxy) is 1. The highest BCUT2D eigenvalue weighted by atomic mass is 16.5. The molecule has 1 aliphatic heterocycles. The summed E-state index contributed by atoms with van der Waals surface area (Å²) < 4.78 is 12.7. The van der Waals surface area contributed by atoms with Crippen LogP contribution in [0.15, 0.2) is 144 Å². The van der Waals surface area contributed by atoms with Crippen molar-refractivity contribution < 1.29 is 9.15 Å². The molecule has 0 saturated heterocycles. The summed E-state index contributed by atoms with van der Waals surface area (Å²) in [5.74, 6) is 3.03. The van der Waals surface area contributed by atoms with E-state index in [1.54, 1.807) is 0 Å². The van der Waals surface area contributed by atoms with Crippen molar-refractivity contribution in [3.63, 3.8) is 0 Å². The third kappa shape index (κ3) is 3.50. The molecule has 204 valence electrons. The molecule has 1 atom stereocenters. The number of hydrogen-bond donors (Lipinski definition) is 0. The summed E-state index contributed by atoms with van der Waals surface area (Å²) in [5.41, 5.74) is 10.3. The highest BCUT2D eigenvalue weighted by Gasteiger charge is 2.51. The van der Waals surface area contributed by atoms with Gasteiger partial charge in [0.2, 0.25) is 11.8 Å². The van der Waals surface area contributed by atoms with E-state index < -0.39 is 5.41 Å². The molecule has 1 spiro atoms. The van der Waals surface area contributed by atoms with Gasteiger partial charge in [0.25, 0.3) is 0 Å². The summed E-state index contributed by atoms with van der Waals surface area (Å²) >= 11 is 0. The molecule has 0 N–H and O–H groups in total. The molecule has 4 heteroatoms. The van der Waals surface area contributed by atoms with E-state index in [-0.39, 0.29) is 5.92 Å². The second kappa shape index (κ2) is 9.27. The molecule has 0 bridgehead atoms. The van der Waals surface area contributed by atoms with Crippen molar-refractivity contribution in [3.8, 4) is 34.1 Å². The van der Waals surface area contributed by atoms with Crippen molar-refractivity contribution in [1.82, 2.24) is 10.2 Å². The molecule has 6 aromatic rings. The molecular weight excluding hydrogens is 528 g/mol. The number of benzene rings is 5. The molecule has 1 aromatic heterocycles. The quantitative estimate of drug-likeness (QED) is 0.218. The fourth-order valence-electron chi connectivity index (χ4n) is 7.14. The van der Waals surface area contributed by atoms with Crippen molar-refractivity contribution in [2.24, 2.45) is 0 Å². The van der Waals surface area contributed by atoms with Gasteiger partial charge in [-0.05, 0) is 70.1 Å². The first-order valence-corrected chi connectivity index (χ1v) is 14.7. The normalized spacial score (nSPS) is 16.9. The SMILES string of the molecule is C1=CC(c2nnc(-c3ccccc3)o2)CC=C1c1ccc2c(c1)C1(c3ccccc3O2)c2ccccc2-c2ccccc21.